The molecule has 1 heterocycles. The van der Waals surface area contributed by atoms with Gasteiger partial charge in [0.2, 0.25) is 11.7 Å². The van der Waals surface area contributed by atoms with E-state index in [0.717, 1.165) is 0 Å². The third-order valence-electron chi connectivity index (χ3n) is 3.70. The van der Waals surface area contributed by atoms with E-state index in [1.54, 1.807) is 12.1 Å². The number of rotatable bonds is 5. The molecule has 0 bridgehead atoms. The number of nitro groups is 1. The number of nitro benzene ring substituents is 1. The predicted molar refractivity (Wildman–Crippen MR) is 75.5 cm³/mol. The second kappa shape index (κ2) is 6.01. The molecule has 1 aromatic heterocycles. The maximum atomic E-state index is 10.6. The molecule has 1 aromatic carbocycles. The Hall–Kier alpha value is -2.28. The molecular weight excluding hydrogens is 272 g/mol. The summed E-state index contributed by atoms with van der Waals surface area (Å²) in [5, 5.41) is 17.9. The van der Waals surface area contributed by atoms with Crippen molar-refractivity contribution < 1.29 is 9.45 Å². The van der Waals surface area contributed by atoms with Crippen LogP contribution in [0.2, 0.25) is 0 Å². The summed E-state index contributed by atoms with van der Waals surface area (Å²) < 4.78 is 5.20. The zero-order valence-corrected chi connectivity index (χ0v) is 11.5. The van der Waals surface area contributed by atoms with Gasteiger partial charge in [-0.05, 0) is 25.0 Å². The quantitative estimate of drug-likeness (QED) is 0.671. The third kappa shape index (κ3) is 3.25. The van der Waals surface area contributed by atoms with Crippen molar-refractivity contribution in [3.63, 3.8) is 0 Å². The smallest absolute Gasteiger partial charge is 0.269 e. The highest BCUT2D eigenvalue weighted by molar-refractivity contribution is 5.56. The molecule has 0 amide bonds. The van der Waals surface area contributed by atoms with E-state index in [9.17, 15) is 10.1 Å². The van der Waals surface area contributed by atoms with Gasteiger partial charge >= 0.3 is 0 Å². The number of aromatic nitrogens is 2. The van der Waals surface area contributed by atoms with Crippen molar-refractivity contribution in [1.82, 2.24) is 15.5 Å². The Labute approximate surface area is 121 Å². The molecular formula is C14H16N4O3. The molecule has 21 heavy (non-hydrogen) atoms. The van der Waals surface area contributed by atoms with E-state index in [-0.39, 0.29) is 5.69 Å². The fourth-order valence-electron chi connectivity index (χ4n) is 2.54. The van der Waals surface area contributed by atoms with Crippen molar-refractivity contribution in [1.29, 1.82) is 0 Å². The predicted octanol–water partition coefficient (Wildman–Crippen LogP) is 2.68. The van der Waals surface area contributed by atoms with Gasteiger partial charge < -0.3 is 9.84 Å². The van der Waals surface area contributed by atoms with E-state index in [0.29, 0.717) is 29.9 Å². The van der Waals surface area contributed by atoms with Crippen LogP contribution in [0.3, 0.4) is 0 Å². The molecule has 3 rings (SSSR count). The highest BCUT2D eigenvalue weighted by Gasteiger charge is 2.16. The Morgan fingerprint density at radius 2 is 2.00 bits per heavy atom. The minimum Gasteiger partial charge on any atom is -0.338 e. The highest BCUT2D eigenvalue weighted by atomic mass is 16.6. The molecule has 0 atom stereocenters. The fraction of sp³-hybridized carbons (Fsp3) is 0.429. The van der Waals surface area contributed by atoms with Gasteiger partial charge in [-0.1, -0.05) is 18.0 Å². The van der Waals surface area contributed by atoms with Crippen molar-refractivity contribution in [2.24, 2.45) is 0 Å². The molecule has 1 N–H and O–H groups in total. The van der Waals surface area contributed by atoms with Crippen molar-refractivity contribution in [2.75, 3.05) is 0 Å². The second-order valence-electron chi connectivity index (χ2n) is 5.18. The van der Waals surface area contributed by atoms with E-state index in [2.05, 4.69) is 15.5 Å². The molecule has 0 unspecified atom stereocenters. The van der Waals surface area contributed by atoms with Crippen molar-refractivity contribution >= 4 is 5.69 Å². The molecule has 0 radical (unpaired) electrons. The lowest BCUT2D eigenvalue weighted by atomic mass is 10.2. The third-order valence-corrected chi connectivity index (χ3v) is 3.70. The van der Waals surface area contributed by atoms with Crippen LogP contribution in [0.15, 0.2) is 28.8 Å². The van der Waals surface area contributed by atoms with Gasteiger partial charge in [-0.25, -0.2) is 0 Å². The van der Waals surface area contributed by atoms with Crippen LogP contribution in [-0.4, -0.2) is 21.1 Å². The van der Waals surface area contributed by atoms with Crippen LogP contribution in [0.1, 0.15) is 31.6 Å². The maximum Gasteiger partial charge on any atom is 0.269 e. The van der Waals surface area contributed by atoms with Gasteiger partial charge in [0, 0.05) is 23.7 Å². The minimum atomic E-state index is -0.434. The highest BCUT2D eigenvalue weighted by Crippen LogP contribution is 2.21. The average molecular weight is 288 g/mol. The van der Waals surface area contributed by atoms with Crippen LogP contribution in [0, 0.1) is 10.1 Å². The van der Waals surface area contributed by atoms with Crippen LogP contribution in [0.25, 0.3) is 11.4 Å². The van der Waals surface area contributed by atoms with Crippen molar-refractivity contribution in [2.45, 2.75) is 38.3 Å². The first kappa shape index (κ1) is 13.7. The Bertz CT molecular complexity index is 617. The fourth-order valence-corrected chi connectivity index (χ4v) is 2.54. The molecule has 7 heteroatoms. The molecule has 110 valence electrons. The van der Waals surface area contributed by atoms with Gasteiger partial charge in [0.25, 0.3) is 5.69 Å². The normalized spacial score (nSPS) is 15.4. The second-order valence-corrected chi connectivity index (χ2v) is 5.18. The molecule has 1 fully saturated rings. The first-order valence-corrected chi connectivity index (χ1v) is 7.03. The van der Waals surface area contributed by atoms with Gasteiger partial charge in [0.05, 0.1) is 11.5 Å². The van der Waals surface area contributed by atoms with E-state index in [1.807, 2.05) is 0 Å². The molecule has 1 saturated carbocycles. The summed E-state index contributed by atoms with van der Waals surface area (Å²) in [6.07, 6.45) is 4.94. The number of nitrogens with one attached hydrogen (secondary N) is 1. The largest absolute Gasteiger partial charge is 0.338 e. The lowest BCUT2D eigenvalue weighted by Crippen LogP contribution is -2.25. The Morgan fingerprint density at radius 3 is 2.67 bits per heavy atom. The Kier molecular flexibility index (Phi) is 3.92. The molecule has 0 saturated heterocycles. The summed E-state index contributed by atoms with van der Waals surface area (Å²) in [4.78, 5) is 14.5. The number of non-ortho nitro benzene ring substituents is 1. The molecule has 2 aromatic rings. The summed E-state index contributed by atoms with van der Waals surface area (Å²) in [5.41, 5.74) is 0.752. The SMILES string of the molecule is O=[N+]([O-])c1ccc(-c2noc(CNC3CCCC3)n2)cc1. The lowest BCUT2D eigenvalue weighted by molar-refractivity contribution is -0.384. The van der Waals surface area contributed by atoms with Crippen LogP contribution < -0.4 is 5.32 Å². The molecule has 1 aliphatic carbocycles. The van der Waals surface area contributed by atoms with Gasteiger partial charge in [-0.15, -0.1) is 0 Å². The molecule has 0 aliphatic heterocycles. The summed E-state index contributed by atoms with van der Waals surface area (Å²) in [6.45, 7) is 0.560. The number of nitrogens with zero attached hydrogens (tertiary/aromatic N) is 3. The molecule has 7 nitrogen and oxygen atoms in total. The van der Waals surface area contributed by atoms with Gasteiger partial charge in [0.1, 0.15) is 0 Å². The number of hydrogen-bond donors (Lipinski definition) is 1. The standard InChI is InChI=1S/C14H16N4O3/c19-18(20)12-7-5-10(6-8-12)14-16-13(21-17-14)9-15-11-3-1-2-4-11/h5-8,11,15H,1-4,9H2. The van der Waals surface area contributed by atoms with E-state index >= 15 is 0 Å². The van der Waals surface area contributed by atoms with Crippen LogP contribution in [0.5, 0.6) is 0 Å². The Morgan fingerprint density at radius 1 is 1.29 bits per heavy atom. The molecule has 0 spiro atoms. The number of hydrogen-bond acceptors (Lipinski definition) is 6. The first-order valence-electron chi connectivity index (χ1n) is 7.03. The summed E-state index contributed by atoms with van der Waals surface area (Å²) in [7, 11) is 0. The summed E-state index contributed by atoms with van der Waals surface area (Å²) in [5.74, 6) is 0.989. The Balaban J connectivity index is 1.64. The van der Waals surface area contributed by atoms with Gasteiger partial charge in [0.15, 0.2) is 0 Å². The van der Waals surface area contributed by atoms with Crippen molar-refractivity contribution in [3.05, 3.63) is 40.3 Å². The van der Waals surface area contributed by atoms with Crippen LogP contribution in [-0.2, 0) is 6.54 Å². The van der Waals surface area contributed by atoms with E-state index < -0.39 is 4.92 Å². The van der Waals surface area contributed by atoms with Gasteiger partial charge in [-0.2, -0.15) is 4.98 Å². The van der Waals surface area contributed by atoms with Crippen LogP contribution >= 0.6 is 0 Å². The lowest BCUT2D eigenvalue weighted by Gasteiger charge is -2.08. The van der Waals surface area contributed by atoms with Crippen LogP contribution in [0.4, 0.5) is 5.69 Å². The minimum absolute atomic E-state index is 0.0466. The van der Waals surface area contributed by atoms with E-state index in [1.165, 1.54) is 37.8 Å². The summed E-state index contributed by atoms with van der Waals surface area (Å²) in [6, 6.07) is 6.65. The zero-order chi connectivity index (χ0) is 14.7. The maximum absolute atomic E-state index is 10.6. The van der Waals surface area contributed by atoms with E-state index in [4.69, 9.17) is 4.52 Å². The monoisotopic (exact) mass is 288 g/mol. The number of benzene rings is 1. The zero-order valence-electron chi connectivity index (χ0n) is 11.5. The van der Waals surface area contributed by atoms with Gasteiger partial charge in [-0.3, -0.25) is 10.1 Å². The topological polar surface area (TPSA) is 94.1 Å². The van der Waals surface area contributed by atoms with Crippen molar-refractivity contribution in [3.8, 4) is 11.4 Å². The summed E-state index contributed by atoms with van der Waals surface area (Å²) >= 11 is 0. The first-order chi connectivity index (χ1) is 10.2. The average Bonchev–Trinajstić information content (AvgIpc) is 3.17. The molecule has 1 aliphatic rings.